The highest BCUT2D eigenvalue weighted by molar-refractivity contribution is 6.01. The van der Waals surface area contributed by atoms with E-state index in [-0.39, 0.29) is 11.6 Å². The van der Waals surface area contributed by atoms with Crippen LogP contribution in [0.25, 0.3) is 6.08 Å². The number of nitro groups is 1. The lowest BCUT2D eigenvalue weighted by Crippen LogP contribution is -2.11. The zero-order valence-corrected chi connectivity index (χ0v) is 16.4. The number of amides is 1. The Bertz CT molecular complexity index is 855. The molecule has 1 fully saturated rings. The largest absolute Gasteiger partial charge is 0.494 e. The highest BCUT2D eigenvalue weighted by Gasteiger charge is 2.13. The summed E-state index contributed by atoms with van der Waals surface area (Å²) in [7, 11) is 0. The van der Waals surface area contributed by atoms with Crippen LogP contribution >= 0.6 is 0 Å². The van der Waals surface area contributed by atoms with Crippen LogP contribution in [0.5, 0.6) is 5.75 Å². The Morgan fingerprint density at radius 3 is 2.62 bits per heavy atom. The Hall–Kier alpha value is -3.15. The van der Waals surface area contributed by atoms with Crippen LogP contribution in [-0.4, -0.2) is 17.4 Å². The van der Waals surface area contributed by atoms with Gasteiger partial charge in [-0.2, -0.15) is 0 Å². The molecule has 0 aliphatic heterocycles. The van der Waals surface area contributed by atoms with Gasteiger partial charge in [-0.1, -0.05) is 44.2 Å². The topological polar surface area (TPSA) is 81.5 Å². The summed E-state index contributed by atoms with van der Waals surface area (Å²) < 4.78 is 5.82. The maximum atomic E-state index is 12.1. The van der Waals surface area contributed by atoms with Gasteiger partial charge in [-0.15, -0.1) is 0 Å². The minimum absolute atomic E-state index is 0.00775. The van der Waals surface area contributed by atoms with Gasteiger partial charge in [0.2, 0.25) is 5.91 Å². The minimum atomic E-state index is -0.462. The van der Waals surface area contributed by atoms with E-state index in [1.165, 1.54) is 50.3 Å². The molecule has 152 valence electrons. The standard InChI is InChI=1S/C23H26N2O4/c26-23(14-9-19-7-4-8-21(17-19)25(27)28)24-20-10-12-22(13-11-20)29-16-15-18-5-2-1-3-6-18/h4,7-14,17-18H,1-3,5-6,15-16H2,(H,24,26)/b14-9+. The molecule has 1 aliphatic carbocycles. The Kier molecular flexibility index (Phi) is 7.39. The number of nitrogens with zero attached hydrogens (tertiary/aromatic N) is 1. The van der Waals surface area contributed by atoms with Crippen molar-refractivity contribution < 1.29 is 14.5 Å². The molecule has 29 heavy (non-hydrogen) atoms. The van der Waals surface area contributed by atoms with Crippen molar-refractivity contribution in [1.29, 1.82) is 0 Å². The number of hydrogen-bond donors (Lipinski definition) is 1. The molecule has 0 saturated heterocycles. The minimum Gasteiger partial charge on any atom is -0.494 e. The normalized spacial score (nSPS) is 14.6. The molecule has 2 aromatic rings. The van der Waals surface area contributed by atoms with E-state index in [1.807, 2.05) is 12.1 Å². The fourth-order valence-corrected chi connectivity index (χ4v) is 3.55. The number of non-ortho nitro benzene ring substituents is 1. The summed E-state index contributed by atoms with van der Waals surface area (Å²) in [5.74, 6) is 1.29. The van der Waals surface area contributed by atoms with Crippen LogP contribution < -0.4 is 10.1 Å². The molecule has 1 N–H and O–H groups in total. The lowest BCUT2D eigenvalue weighted by atomic mass is 9.87. The molecule has 1 amide bonds. The summed E-state index contributed by atoms with van der Waals surface area (Å²) in [6.45, 7) is 0.725. The van der Waals surface area contributed by atoms with Gasteiger partial charge in [-0.25, -0.2) is 0 Å². The summed E-state index contributed by atoms with van der Waals surface area (Å²) in [4.78, 5) is 22.4. The number of nitro benzene ring substituents is 1. The zero-order chi connectivity index (χ0) is 20.5. The van der Waals surface area contributed by atoms with Crippen LogP contribution in [0.4, 0.5) is 11.4 Å². The molecule has 0 bridgehead atoms. The number of ether oxygens (including phenoxy) is 1. The van der Waals surface area contributed by atoms with Gasteiger partial charge in [0, 0.05) is 23.9 Å². The van der Waals surface area contributed by atoms with Crippen LogP contribution in [-0.2, 0) is 4.79 Å². The van der Waals surface area contributed by atoms with E-state index in [2.05, 4.69) is 5.32 Å². The molecule has 6 nitrogen and oxygen atoms in total. The molecule has 0 heterocycles. The summed E-state index contributed by atoms with van der Waals surface area (Å²) in [5, 5.41) is 13.6. The molecular weight excluding hydrogens is 368 g/mol. The van der Waals surface area contributed by atoms with Crippen molar-refractivity contribution in [3.05, 3.63) is 70.3 Å². The van der Waals surface area contributed by atoms with E-state index in [0.717, 1.165) is 24.7 Å². The second-order valence-electron chi connectivity index (χ2n) is 7.34. The van der Waals surface area contributed by atoms with Crippen LogP contribution in [0.3, 0.4) is 0 Å². The van der Waals surface area contributed by atoms with Gasteiger partial charge >= 0.3 is 0 Å². The van der Waals surface area contributed by atoms with Gasteiger partial charge in [0.15, 0.2) is 0 Å². The number of nitrogens with one attached hydrogen (secondary N) is 1. The highest BCUT2D eigenvalue weighted by atomic mass is 16.6. The molecule has 0 atom stereocenters. The first-order chi connectivity index (χ1) is 14.1. The Morgan fingerprint density at radius 1 is 1.14 bits per heavy atom. The van der Waals surface area contributed by atoms with Crippen LogP contribution in [0, 0.1) is 16.0 Å². The van der Waals surface area contributed by atoms with Crippen molar-refractivity contribution in [2.24, 2.45) is 5.92 Å². The number of hydrogen-bond acceptors (Lipinski definition) is 4. The van der Waals surface area contributed by atoms with E-state index in [1.54, 1.807) is 30.3 Å². The molecule has 3 rings (SSSR count). The lowest BCUT2D eigenvalue weighted by Gasteiger charge is -2.21. The van der Waals surface area contributed by atoms with E-state index in [4.69, 9.17) is 4.74 Å². The van der Waals surface area contributed by atoms with Crippen LogP contribution in [0.2, 0.25) is 0 Å². The summed E-state index contributed by atoms with van der Waals surface area (Å²) >= 11 is 0. The van der Waals surface area contributed by atoms with E-state index in [9.17, 15) is 14.9 Å². The first-order valence-electron chi connectivity index (χ1n) is 10.1. The third-order valence-corrected chi connectivity index (χ3v) is 5.15. The molecule has 2 aromatic carbocycles. The quantitative estimate of drug-likeness (QED) is 0.359. The van der Waals surface area contributed by atoms with Gasteiger partial charge in [0.25, 0.3) is 5.69 Å². The Labute approximate surface area is 170 Å². The average Bonchev–Trinajstić information content (AvgIpc) is 2.74. The summed E-state index contributed by atoms with van der Waals surface area (Å²) in [6, 6.07) is 13.4. The zero-order valence-electron chi connectivity index (χ0n) is 16.4. The van der Waals surface area contributed by atoms with Gasteiger partial charge < -0.3 is 10.1 Å². The maximum Gasteiger partial charge on any atom is 0.270 e. The van der Waals surface area contributed by atoms with Gasteiger partial charge in [0.1, 0.15) is 5.75 Å². The van der Waals surface area contributed by atoms with Crippen molar-refractivity contribution in [1.82, 2.24) is 0 Å². The van der Waals surface area contributed by atoms with Gasteiger partial charge in [-0.05, 0) is 48.2 Å². The first-order valence-corrected chi connectivity index (χ1v) is 10.1. The lowest BCUT2D eigenvalue weighted by molar-refractivity contribution is -0.384. The van der Waals surface area contributed by atoms with Crippen LogP contribution in [0.15, 0.2) is 54.6 Å². The summed E-state index contributed by atoms with van der Waals surface area (Å²) in [6.07, 6.45) is 10.7. The highest BCUT2D eigenvalue weighted by Crippen LogP contribution is 2.26. The predicted molar refractivity (Wildman–Crippen MR) is 114 cm³/mol. The summed E-state index contributed by atoms with van der Waals surface area (Å²) in [5.41, 5.74) is 1.25. The van der Waals surface area contributed by atoms with Crippen molar-refractivity contribution >= 4 is 23.4 Å². The van der Waals surface area contributed by atoms with Gasteiger partial charge in [-0.3, -0.25) is 14.9 Å². The second kappa shape index (κ2) is 10.4. The second-order valence-corrected chi connectivity index (χ2v) is 7.34. The van der Waals surface area contributed by atoms with Crippen molar-refractivity contribution in [2.75, 3.05) is 11.9 Å². The fourth-order valence-electron chi connectivity index (χ4n) is 3.55. The number of anilines is 1. The Morgan fingerprint density at radius 2 is 1.90 bits per heavy atom. The molecule has 0 spiro atoms. The number of carbonyl (C=O) groups is 1. The molecule has 6 heteroatoms. The smallest absolute Gasteiger partial charge is 0.270 e. The van der Waals surface area contributed by atoms with Crippen LogP contribution in [0.1, 0.15) is 44.1 Å². The molecule has 1 aliphatic rings. The molecule has 0 aromatic heterocycles. The number of benzene rings is 2. The molecule has 1 saturated carbocycles. The molecule has 0 unspecified atom stereocenters. The number of rotatable bonds is 8. The fraction of sp³-hybridized carbons (Fsp3) is 0.348. The van der Waals surface area contributed by atoms with E-state index in [0.29, 0.717) is 11.3 Å². The van der Waals surface area contributed by atoms with E-state index >= 15 is 0 Å². The first kappa shape index (κ1) is 20.6. The average molecular weight is 394 g/mol. The van der Waals surface area contributed by atoms with Gasteiger partial charge in [0.05, 0.1) is 11.5 Å². The van der Waals surface area contributed by atoms with Crippen molar-refractivity contribution in [3.63, 3.8) is 0 Å². The monoisotopic (exact) mass is 394 g/mol. The third-order valence-electron chi connectivity index (χ3n) is 5.15. The maximum absolute atomic E-state index is 12.1. The third kappa shape index (κ3) is 6.75. The van der Waals surface area contributed by atoms with Crippen molar-refractivity contribution in [3.8, 4) is 5.75 Å². The SMILES string of the molecule is O=C(/C=C/c1cccc([N+](=O)[O-])c1)Nc1ccc(OCCC2CCCCC2)cc1. The number of carbonyl (C=O) groups excluding carboxylic acids is 1. The molecule has 0 radical (unpaired) electrons. The predicted octanol–water partition coefficient (Wildman–Crippen LogP) is 5.60. The van der Waals surface area contributed by atoms with E-state index < -0.39 is 4.92 Å². The molecular formula is C23H26N2O4. The van der Waals surface area contributed by atoms with Crippen molar-refractivity contribution in [2.45, 2.75) is 38.5 Å². The Balaban J connectivity index is 1.45.